The molecule has 0 aromatic heterocycles. The molecule has 0 bridgehead atoms. The number of hydrogen-bond acceptors (Lipinski definition) is 2. The summed E-state index contributed by atoms with van der Waals surface area (Å²) in [6.07, 6.45) is 1.74. The number of rotatable bonds is 4. The monoisotopic (exact) mass is 208 g/mol. The van der Waals surface area contributed by atoms with Crippen LogP contribution in [0.5, 0.6) is 0 Å². The molecule has 2 nitrogen and oxygen atoms in total. The molecule has 0 saturated heterocycles. The largest absolute Gasteiger partial charge is 0.369 e. The number of likely N-dealkylation sites (N-methyl/N-ethyl adjacent to an activating group) is 1. The van der Waals surface area contributed by atoms with E-state index in [1.165, 1.54) is 6.07 Å². The van der Waals surface area contributed by atoms with Crippen molar-refractivity contribution in [3.8, 4) is 0 Å². The lowest BCUT2D eigenvalue weighted by molar-refractivity contribution is 0.619. The predicted molar refractivity (Wildman–Crippen MR) is 62.5 cm³/mol. The Morgan fingerprint density at radius 1 is 1.60 bits per heavy atom. The molecule has 1 unspecified atom stereocenters. The van der Waals surface area contributed by atoms with Crippen molar-refractivity contribution in [3.05, 3.63) is 42.2 Å². The standard InChI is InChI=1S/C12H17FN2/c1-4-7-15(3)12-6-5-10(9(2)14)8-11(12)13/h4-6,8-9H,1,7,14H2,2-3H3. The molecule has 0 heterocycles. The van der Waals surface area contributed by atoms with Gasteiger partial charge in [-0.05, 0) is 24.6 Å². The van der Waals surface area contributed by atoms with E-state index in [2.05, 4.69) is 6.58 Å². The molecule has 15 heavy (non-hydrogen) atoms. The number of nitrogens with zero attached hydrogens (tertiary/aromatic N) is 1. The fraction of sp³-hybridized carbons (Fsp3) is 0.333. The van der Waals surface area contributed by atoms with Gasteiger partial charge >= 0.3 is 0 Å². The van der Waals surface area contributed by atoms with Gasteiger partial charge in [0.15, 0.2) is 0 Å². The summed E-state index contributed by atoms with van der Waals surface area (Å²) in [5.74, 6) is -0.242. The van der Waals surface area contributed by atoms with Gasteiger partial charge in [0.25, 0.3) is 0 Å². The van der Waals surface area contributed by atoms with Crippen molar-refractivity contribution >= 4 is 5.69 Å². The Hall–Kier alpha value is -1.35. The van der Waals surface area contributed by atoms with Crippen LogP contribution in [0.3, 0.4) is 0 Å². The molecule has 0 radical (unpaired) electrons. The van der Waals surface area contributed by atoms with Crippen LogP contribution in [-0.2, 0) is 0 Å². The molecular formula is C12H17FN2. The predicted octanol–water partition coefficient (Wildman–Crippen LogP) is 2.47. The van der Waals surface area contributed by atoms with E-state index in [-0.39, 0.29) is 11.9 Å². The van der Waals surface area contributed by atoms with Gasteiger partial charge in [0.05, 0.1) is 5.69 Å². The quantitative estimate of drug-likeness (QED) is 0.770. The van der Waals surface area contributed by atoms with Crippen LogP contribution in [0.25, 0.3) is 0 Å². The third kappa shape index (κ3) is 2.80. The normalized spacial score (nSPS) is 12.3. The zero-order chi connectivity index (χ0) is 11.4. The van der Waals surface area contributed by atoms with Crippen molar-refractivity contribution in [2.75, 3.05) is 18.5 Å². The van der Waals surface area contributed by atoms with E-state index in [4.69, 9.17) is 5.73 Å². The first kappa shape index (κ1) is 11.7. The van der Waals surface area contributed by atoms with Crippen LogP contribution >= 0.6 is 0 Å². The van der Waals surface area contributed by atoms with Gasteiger partial charge < -0.3 is 10.6 Å². The fourth-order valence-electron chi connectivity index (χ4n) is 1.41. The Balaban J connectivity index is 2.97. The average molecular weight is 208 g/mol. The Labute approximate surface area is 90.2 Å². The van der Waals surface area contributed by atoms with E-state index >= 15 is 0 Å². The topological polar surface area (TPSA) is 29.3 Å². The number of nitrogens with two attached hydrogens (primary N) is 1. The van der Waals surface area contributed by atoms with Crippen molar-refractivity contribution < 1.29 is 4.39 Å². The fourth-order valence-corrected chi connectivity index (χ4v) is 1.41. The van der Waals surface area contributed by atoms with Crippen LogP contribution < -0.4 is 10.6 Å². The van der Waals surface area contributed by atoms with Gasteiger partial charge in [-0.2, -0.15) is 0 Å². The first-order valence-electron chi connectivity index (χ1n) is 4.93. The Morgan fingerprint density at radius 3 is 2.73 bits per heavy atom. The third-order valence-electron chi connectivity index (χ3n) is 2.31. The van der Waals surface area contributed by atoms with E-state index in [1.807, 2.05) is 20.0 Å². The van der Waals surface area contributed by atoms with Crippen LogP contribution in [0.4, 0.5) is 10.1 Å². The molecule has 1 atom stereocenters. The first-order chi connectivity index (χ1) is 7.06. The van der Waals surface area contributed by atoms with Crippen LogP contribution in [0.2, 0.25) is 0 Å². The minimum Gasteiger partial charge on any atom is -0.369 e. The van der Waals surface area contributed by atoms with Gasteiger partial charge in [0.1, 0.15) is 5.82 Å². The molecule has 1 rings (SSSR count). The van der Waals surface area contributed by atoms with Crippen LogP contribution in [0, 0.1) is 5.82 Å². The van der Waals surface area contributed by atoms with E-state index in [0.717, 1.165) is 5.56 Å². The summed E-state index contributed by atoms with van der Waals surface area (Å²) in [5.41, 5.74) is 7.05. The smallest absolute Gasteiger partial charge is 0.146 e. The molecule has 0 spiro atoms. The maximum atomic E-state index is 13.7. The Kier molecular flexibility index (Phi) is 3.86. The number of anilines is 1. The highest BCUT2D eigenvalue weighted by molar-refractivity contribution is 5.49. The van der Waals surface area contributed by atoms with Crippen molar-refractivity contribution in [3.63, 3.8) is 0 Å². The lowest BCUT2D eigenvalue weighted by Crippen LogP contribution is -2.18. The van der Waals surface area contributed by atoms with Gasteiger partial charge in [0.2, 0.25) is 0 Å². The second kappa shape index (κ2) is 4.94. The highest BCUT2D eigenvalue weighted by Crippen LogP contribution is 2.21. The molecule has 0 aliphatic carbocycles. The number of halogens is 1. The highest BCUT2D eigenvalue weighted by Gasteiger charge is 2.08. The molecule has 0 amide bonds. The summed E-state index contributed by atoms with van der Waals surface area (Å²) < 4.78 is 13.7. The van der Waals surface area contributed by atoms with Crippen molar-refractivity contribution in [2.24, 2.45) is 5.73 Å². The van der Waals surface area contributed by atoms with Crippen molar-refractivity contribution in [1.29, 1.82) is 0 Å². The summed E-state index contributed by atoms with van der Waals surface area (Å²) in [4.78, 5) is 1.80. The minimum absolute atomic E-state index is 0.140. The van der Waals surface area contributed by atoms with Crippen LogP contribution in [0.15, 0.2) is 30.9 Å². The third-order valence-corrected chi connectivity index (χ3v) is 2.31. The summed E-state index contributed by atoms with van der Waals surface area (Å²) in [6, 6.07) is 4.94. The molecule has 2 N–H and O–H groups in total. The average Bonchev–Trinajstić information content (AvgIpc) is 2.17. The van der Waals surface area contributed by atoms with Crippen LogP contribution in [-0.4, -0.2) is 13.6 Å². The molecule has 82 valence electrons. The van der Waals surface area contributed by atoms with Gasteiger partial charge in [-0.15, -0.1) is 6.58 Å². The van der Waals surface area contributed by atoms with E-state index in [0.29, 0.717) is 12.2 Å². The molecule has 1 aromatic rings. The van der Waals surface area contributed by atoms with Gasteiger partial charge in [-0.25, -0.2) is 4.39 Å². The lowest BCUT2D eigenvalue weighted by Gasteiger charge is -2.18. The Bertz CT molecular complexity index is 347. The second-order valence-corrected chi connectivity index (χ2v) is 3.67. The maximum Gasteiger partial charge on any atom is 0.146 e. The summed E-state index contributed by atoms with van der Waals surface area (Å²) >= 11 is 0. The van der Waals surface area contributed by atoms with Gasteiger partial charge in [-0.3, -0.25) is 0 Å². The summed E-state index contributed by atoms with van der Waals surface area (Å²) in [6.45, 7) is 6.07. The molecule has 0 aliphatic rings. The highest BCUT2D eigenvalue weighted by atomic mass is 19.1. The zero-order valence-corrected chi connectivity index (χ0v) is 9.20. The van der Waals surface area contributed by atoms with E-state index in [9.17, 15) is 4.39 Å². The van der Waals surface area contributed by atoms with Gasteiger partial charge in [0, 0.05) is 19.6 Å². The first-order valence-corrected chi connectivity index (χ1v) is 4.93. The zero-order valence-electron chi connectivity index (χ0n) is 9.20. The van der Waals surface area contributed by atoms with Crippen molar-refractivity contribution in [1.82, 2.24) is 0 Å². The summed E-state index contributed by atoms with van der Waals surface area (Å²) in [7, 11) is 1.83. The molecular weight excluding hydrogens is 191 g/mol. The van der Waals surface area contributed by atoms with E-state index in [1.54, 1.807) is 17.0 Å². The Morgan fingerprint density at radius 2 is 2.27 bits per heavy atom. The van der Waals surface area contributed by atoms with Gasteiger partial charge in [-0.1, -0.05) is 12.1 Å². The lowest BCUT2D eigenvalue weighted by atomic mass is 10.1. The second-order valence-electron chi connectivity index (χ2n) is 3.67. The molecule has 0 aliphatic heterocycles. The maximum absolute atomic E-state index is 13.7. The molecule has 0 saturated carbocycles. The minimum atomic E-state index is -0.242. The molecule has 3 heteroatoms. The van der Waals surface area contributed by atoms with Crippen LogP contribution in [0.1, 0.15) is 18.5 Å². The summed E-state index contributed by atoms with van der Waals surface area (Å²) in [5, 5.41) is 0. The van der Waals surface area contributed by atoms with E-state index < -0.39 is 0 Å². The molecule has 1 aromatic carbocycles. The number of benzene rings is 1. The SMILES string of the molecule is C=CCN(C)c1ccc(C(C)N)cc1F. The number of hydrogen-bond donors (Lipinski definition) is 1. The molecule has 0 fully saturated rings. The van der Waals surface area contributed by atoms with Crippen molar-refractivity contribution in [2.45, 2.75) is 13.0 Å².